The number of anilines is 1. The molecule has 1 aliphatic rings. The third-order valence-electron chi connectivity index (χ3n) is 4.10. The Bertz CT molecular complexity index is 447. The van der Waals surface area contributed by atoms with E-state index >= 15 is 0 Å². The van der Waals surface area contributed by atoms with Crippen LogP contribution in [0.3, 0.4) is 0 Å². The summed E-state index contributed by atoms with van der Waals surface area (Å²) < 4.78 is 13.6. The van der Waals surface area contributed by atoms with Crippen LogP contribution in [0.15, 0.2) is 18.2 Å². The van der Waals surface area contributed by atoms with Gasteiger partial charge in [0.1, 0.15) is 5.82 Å². The van der Waals surface area contributed by atoms with Gasteiger partial charge in [-0.1, -0.05) is 6.92 Å². The van der Waals surface area contributed by atoms with Gasteiger partial charge in [-0.25, -0.2) is 4.39 Å². The normalized spacial score (nSPS) is 18.0. The maximum absolute atomic E-state index is 13.6. The van der Waals surface area contributed by atoms with Crippen molar-refractivity contribution >= 4 is 5.69 Å². The molecule has 1 aromatic rings. The third-order valence-corrected chi connectivity index (χ3v) is 4.10. The highest BCUT2D eigenvalue weighted by Crippen LogP contribution is 2.28. The fourth-order valence-corrected chi connectivity index (χ4v) is 2.93. The van der Waals surface area contributed by atoms with Crippen molar-refractivity contribution in [3.63, 3.8) is 0 Å². The molecule has 1 fully saturated rings. The second kappa shape index (κ2) is 7.73. The van der Waals surface area contributed by atoms with Crippen LogP contribution in [-0.2, 0) is 0 Å². The predicted octanol–water partition coefficient (Wildman–Crippen LogP) is 1.61. The van der Waals surface area contributed by atoms with Gasteiger partial charge in [-0.05, 0) is 37.2 Å². The largest absolute Gasteiger partial charge is 0.395 e. The number of halogens is 1. The molecule has 1 heterocycles. The summed E-state index contributed by atoms with van der Waals surface area (Å²) in [6.07, 6.45) is 0. The molecule has 1 atom stereocenters. The Morgan fingerprint density at radius 1 is 1.29 bits per heavy atom. The van der Waals surface area contributed by atoms with Crippen molar-refractivity contribution in [2.45, 2.75) is 19.9 Å². The number of aliphatic hydroxyl groups excluding tert-OH is 1. The molecule has 1 unspecified atom stereocenters. The van der Waals surface area contributed by atoms with E-state index in [1.54, 1.807) is 6.07 Å². The maximum atomic E-state index is 13.6. The summed E-state index contributed by atoms with van der Waals surface area (Å²) in [4.78, 5) is 4.57. The van der Waals surface area contributed by atoms with Crippen molar-refractivity contribution in [1.82, 2.24) is 10.2 Å². The highest BCUT2D eigenvalue weighted by Gasteiger charge is 2.21. The quantitative estimate of drug-likeness (QED) is 0.836. The van der Waals surface area contributed by atoms with Gasteiger partial charge in [-0.3, -0.25) is 4.90 Å². The standard InChI is InChI=1S/C16H26FN3O/c1-3-18-13(2)15-12-14(17)4-5-16(15)20-8-6-19(7-9-20)10-11-21/h4-5,12-13,18,21H,3,6-11H2,1-2H3. The summed E-state index contributed by atoms with van der Waals surface area (Å²) in [7, 11) is 0. The molecule has 2 N–H and O–H groups in total. The van der Waals surface area contributed by atoms with Crippen LogP contribution in [0.5, 0.6) is 0 Å². The lowest BCUT2D eigenvalue weighted by molar-refractivity contribution is 0.188. The van der Waals surface area contributed by atoms with E-state index in [0.717, 1.165) is 50.5 Å². The van der Waals surface area contributed by atoms with E-state index in [1.165, 1.54) is 6.07 Å². The zero-order valence-corrected chi connectivity index (χ0v) is 13.0. The number of nitrogens with zero attached hydrogens (tertiary/aromatic N) is 2. The molecule has 0 spiro atoms. The minimum atomic E-state index is -0.183. The number of piperazine rings is 1. The summed E-state index contributed by atoms with van der Waals surface area (Å²) in [5, 5.41) is 12.4. The molecule has 21 heavy (non-hydrogen) atoms. The summed E-state index contributed by atoms with van der Waals surface area (Å²) in [5.41, 5.74) is 2.14. The van der Waals surface area contributed by atoms with E-state index in [-0.39, 0.29) is 18.5 Å². The number of rotatable bonds is 6. The van der Waals surface area contributed by atoms with E-state index in [1.807, 2.05) is 6.07 Å². The second-order valence-electron chi connectivity index (χ2n) is 5.53. The highest BCUT2D eigenvalue weighted by molar-refractivity contribution is 5.55. The van der Waals surface area contributed by atoms with Crippen LogP contribution in [0.1, 0.15) is 25.5 Å². The molecular formula is C16H26FN3O. The first kappa shape index (κ1) is 16.2. The Hall–Kier alpha value is -1.17. The zero-order valence-electron chi connectivity index (χ0n) is 13.0. The van der Waals surface area contributed by atoms with Gasteiger partial charge in [0.05, 0.1) is 6.61 Å². The van der Waals surface area contributed by atoms with Gasteiger partial charge in [0, 0.05) is 44.5 Å². The van der Waals surface area contributed by atoms with Gasteiger partial charge in [-0.15, -0.1) is 0 Å². The molecule has 0 saturated carbocycles. The van der Waals surface area contributed by atoms with Gasteiger partial charge in [-0.2, -0.15) is 0 Å². The number of aliphatic hydroxyl groups is 1. The van der Waals surface area contributed by atoms with Gasteiger partial charge in [0.2, 0.25) is 0 Å². The van der Waals surface area contributed by atoms with Crippen molar-refractivity contribution in [1.29, 1.82) is 0 Å². The van der Waals surface area contributed by atoms with Crippen molar-refractivity contribution in [2.24, 2.45) is 0 Å². The average Bonchev–Trinajstić information content (AvgIpc) is 2.49. The van der Waals surface area contributed by atoms with Crippen LogP contribution in [-0.4, -0.2) is 55.9 Å². The van der Waals surface area contributed by atoms with Gasteiger partial charge in [0.25, 0.3) is 0 Å². The summed E-state index contributed by atoms with van der Waals surface area (Å²) in [5.74, 6) is -0.183. The van der Waals surface area contributed by atoms with Crippen LogP contribution in [0.4, 0.5) is 10.1 Å². The Balaban J connectivity index is 2.12. The van der Waals surface area contributed by atoms with Gasteiger partial charge >= 0.3 is 0 Å². The molecule has 1 aliphatic heterocycles. The van der Waals surface area contributed by atoms with Gasteiger partial charge < -0.3 is 15.3 Å². The summed E-state index contributed by atoms with van der Waals surface area (Å²) >= 11 is 0. The summed E-state index contributed by atoms with van der Waals surface area (Å²) in [6, 6.07) is 5.21. The average molecular weight is 295 g/mol. The first-order valence-electron chi connectivity index (χ1n) is 7.76. The van der Waals surface area contributed by atoms with Crippen molar-refractivity contribution in [2.75, 3.05) is 50.8 Å². The van der Waals surface area contributed by atoms with E-state index in [2.05, 4.69) is 29.0 Å². The van der Waals surface area contributed by atoms with Crippen LogP contribution < -0.4 is 10.2 Å². The SMILES string of the molecule is CCNC(C)c1cc(F)ccc1N1CCN(CCO)CC1. The molecular weight excluding hydrogens is 269 g/mol. The predicted molar refractivity (Wildman–Crippen MR) is 84.2 cm³/mol. The van der Waals surface area contributed by atoms with E-state index in [0.29, 0.717) is 0 Å². The van der Waals surface area contributed by atoms with Crippen molar-refractivity contribution in [3.05, 3.63) is 29.6 Å². The number of hydrogen-bond donors (Lipinski definition) is 2. The van der Waals surface area contributed by atoms with Crippen LogP contribution in [0.25, 0.3) is 0 Å². The third kappa shape index (κ3) is 4.15. The first-order chi connectivity index (χ1) is 10.2. The number of hydrogen-bond acceptors (Lipinski definition) is 4. The maximum Gasteiger partial charge on any atom is 0.123 e. The summed E-state index contributed by atoms with van der Waals surface area (Å²) in [6.45, 7) is 9.64. The molecule has 0 bridgehead atoms. The Morgan fingerprint density at radius 3 is 2.62 bits per heavy atom. The van der Waals surface area contributed by atoms with E-state index in [9.17, 15) is 4.39 Å². The Kier molecular flexibility index (Phi) is 5.96. The Morgan fingerprint density at radius 2 is 2.00 bits per heavy atom. The van der Waals surface area contributed by atoms with Gasteiger partial charge in [0.15, 0.2) is 0 Å². The van der Waals surface area contributed by atoms with Crippen LogP contribution in [0, 0.1) is 5.82 Å². The molecule has 0 aliphatic carbocycles. The minimum Gasteiger partial charge on any atom is -0.395 e. The molecule has 1 saturated heterocycles. The monoisotopic (exact) mass is 295 g/mol. The topological polar surface area (TPSA) is 38.7 Å². The second-order valence-corrected chi connectivity index (χ2v) is 5.53. The lowest BCUT2D eigenvalue weighted by Gasteiger charge is -2.37. The zero-order chi connectivity index (χ0) is 15.2. The fourth-order valence-electron chi connectivity index (χ4n) is 2.93. The van der Waals surface area contributed by atoms with E-state index in [4.69, 9.17) is 5.11 Å². The number of benzene rings is 1. The Labute approximate surface area is 126 Å². The molecule has 5 heteroatoms. The molecule has 4 nitrogen and oxygen atoms in total. The molecule has 0 aromatic heterocycles. The first-order valence-corrected chi connectivity index (χ1v) is 7.76. The fraction of sp³-hybridized carbons (Fsp3) is 0.625. The molecule has 0 amide bonds. The number of β-amino-alcohol motifs (C(OH)–C–C–N with tert-alkyl or cyclic N) is 1. The minimum absolute atomic E-state index is 0.135. The van der Waals surface area contributed by atoms with Crippen LogP contribution >= 0.6 is 0 Å². The van der Waals surface area contributed by atoms with E-state index < -0.39 is 0 Å². The van der Waals surface area contributed by atoms with Crippen molar-refractivity contribution < 1.29 is 9.50 Å². The lowest BCUT2D eigenvalue weighted by Crippen LogP contribution is -2.47. The lowest BCUT2D eigenvalue weighted by atomic mass is 10.0. The molecule has 0 radical (unpaired) electrons. The molecule has 1 aromatic carbocycles. The molecule has 2 rings (SSSR count). The smallest absolute Gasteiger partial charge is 0.123 e. The number of nitrogens with one attached hydrogen (secondary N) is 1. The highest BCUT2D eigenvalue weighted by atomic mass is 19.1. The van der Waals surface area contributed by atoms with Crippen LogP contribution in [0.2, 0.25) is 0 Å². The molecule has 118 valence electrons. The van der Waals surface area contributed by atoms with Crippen molar-refractivity contribution in [3.8, 4) is 0 Å².